The van der Waals surface area contributed by atoms with Gasteiger partial charge in [-0.1, -0.05) is 45.4 Å². The van der Waals surface area contributed by atoms with Gasteiger partial charge in [-0.05, 0) is 43.6 Å². The van der Waals surface area contributed by atoms with Crippen LogP contribution >= 0.6 is 23.5 Å². The zero-order valence-electron chi connectivity index (χ0n) is 18.2. The van der Waals surface area contributed by atoms with Crippen molar-refractivity contribution in [3.05, 3.63) is 0 Å². The van der Waals surface area contributed by atoms with Crippen LogP contribution in [0.25, 0.3) is 0 Å². The van der Waals surface area contributed by atoms with E-state index in [9.17, 15) is 9.59 Å². The van der Waals surface area contributed by atoms with Gasteiger partial charge in [0.05, 0.1) is 0 Å². The highest BCUT2D eigenvalue weighted by molar-refractivity contribution is 7.99. The number of aliphatic hydroxyl groups is 1. The average molecular weight is 433 g/mol. The van der Waals surface area contributed by atoms with Crippen LogP contribution in [0.2, 0.25) is 0 Å². The third-order valence-electron chi connectivity index (χ3n) is 4.80. The quantitative estimate of drug-likeness (QED) is 0.188. The van der Waals surface area contributed by atoms with Gasteiger partial charge in [-0.2, -0.15) is 23.5 Å². The molecule has 0 fully saturated rings. The van der Waals surface area contributed by atoms with Crippen LogP contribution in [0.15, 0.2) is 0 Å². The highest BCUT2D eigenvalue weighted by Crippen LogP contribution is 2.14. The highest BCUT2D eigenvalue weighted by atomic mass is 32.2. The third-order valence-corrected chi connectivity index (χ3v) is 6.94. The molecule has 5 heteroatoms. The predicted octanol–water partition coefficient (Wildman–Crippen LogP) is 6.45. The molecule has 0 aliphatic rings. The van der Waals surface area contributed by atoms with Crippen LogP contribution in [0.1, 0.15) is 103 Å². The van der Waals surface area contributed by atoms with Crippen LogP contribution in [0.3, 0.4) is 0 Å². The van der Waals surface area contributed by atoms with Gasteiger partial charge in [0.1, 0.15) is 11.6 Å². The fraction of sp³-hybridized carbons (Fsp3) is 0.913. The summed E-state index contributed by atoms with van der Waals surface area (Å²) >= 11 is 3.85. The first kappa shape index (κ1) is 28.0. The molecule has 0 aromatic carbocycles. The van der Waals surface area contributed by atoms with Gasteiger partial charge in [0, 0.05) is 43.8 Å². The minimum atomic E-state index is 0.196. The van der Waals surface area contributed by atoms with Crippen molar-refractivity contribution >= 4 is 35.1 Å². The van der Waals surface area contributed by atoms with Crippen molar-refractivity contribution in [2.75, 3.05) is 29.6 Å². The van der Waals surface area contributed by atoms with Crippen LogP contribution < -0.4 is 0 Å². The van der Waals surface area contributed by atoms with Crippen LogP contribution in [-0.2, 0) is 9.59 Å². The summed E-state index contributed by atoms with van der Waals surface area (Å²) in [6.07, 6.45) is 15.7. The number of thioether (sulfide) groups is 2. The molecule has 0 aliphatic heterocycles. The molecule has 28 heavy (non-hydrogen) atoms. The van der Waals surface area contributed by atoms with E-state index >= 15 is 0 Å². The van der Waals surface area contributed by atoms with Gasteiger partial charge in [0.25, 0.3) is 0 Å². The van der Waals surface area contributed by atoms with E-state index in [0.717, 1.165) is 43.6 Å². The topological polar surface area (TPSA) is 54.4 Å². The predicted molar refractivity (Wildman–Crippen MR) is 127 cm³/mol. The Hall–Kier alpha value is -0.0000000000000000763. The molecule has 0 amide bonds. The monoisotopic (exact) mass is 432 g/mol. The number of rotatable bonds is 23. The molecule has 166 valence electrons. The van der Waals surface area contributed by atoms with E-state index < -0.39 is 0 Å². The van der Waals surface area contributed by atoms with Crippen molar-refractivity contribution in [3.8, 4) is 0 Å². The summed E-state index contributed by atoms with van der Waals surface area (Å²) in [5.74, 6) is 5.13. The fourth-order valence-corrected chi connectivity index (χ4v) is 4.92. The van der Waals surface area contributed by atoms with Crippen molar-refractivity contribution in [1.29, 1.82) is 0 Å². The first-order valence-corrected chi connectivity index (χ1v) is 13.8. The SMILES string of the molecule is CCCCCC(=O)CCSCCCCCCCCSCCC(=O)CCCCO. The zero-order valence-corrected chi connectivity index (χ0v) is 19.9. The Kier molecular flexibility index (Phi) is 23.3. The molecule has 0 saturated carbocycles. The maximum absolute atomic E-state index is 11.7. The summed E-state index contributed by atoms with van der Waals surface area (Å²) in [5.41, 5.74) is 0. The Morgan fingerprint density at radius 3 is 1.50 bits per heavy atom. The molecule has 0 heterocycles. The lowest BCUT2D eigenvalue weighted by molar-refractivity contribution is -0.119. The van der Waals surface area contributed by atoms with Crippen molar-refractivity contribution in [2.24, 2.45) is 0 Å². The lowest BCUT2D eigenvalue weighted by Gasteiger charge is -2.04. The van der Waals surface area contributed by atoms with Crippen LogP contribution in [-0.4, -0.2) is 46.3 Å². The maximum Gasteiger partial charge on any atom is 0.133 e. The van der Waals surface area contributed by atoms with E-state index in [1.54, 1.807) is 0 Å². The van der Waals surface area contributed by atoms with Gasteiger partial charge in [-0.15, -0.1) is 0 Å². The molecular formula is C23H44O3S2. The van der Waals surface area contributed by atoms with Crippen molar-refractivity contribution in [1.82, 2.24) is 0 Å². The lowest BCUT2D eigenvalue weighted by Crippen LogP contribution is -2.00. The van der Waals surface area contributed by atoms with E-state index in [4.69, 9.17) is 5.11 Å². The summed E-state index contributed by atoms with van der Waals surface area (Å²) in [6, 6.07) is 0. The number of Topliss-reactive ketones (excluding diaryl/α,β-unsaturated/α-hetero) is 2. The van der Waals surface area contributed by atoms with E-state index in [1.807, 2.05) is 23.5 Å². The molecule has 1 N–H and O–H groups in total. The summed E-state index contributed by atoms with van der Waals surface area (Å²) < 4.78 is 0. The summed E-state index contributed by atoms with van der Waals surface area (Å²) in [4.78, 5) is 23.3. The number of unbranched alkanes of at least 4 members (excludes halogenated alkanes) is 8. The molecule has 3 nitrogen and oxygen atoms in total. The van der Waals surface area contributed by atoms with Crippen molar-refractivity contribution in [3.63, 3.8) is 0 Å². The molecular weight excluding hydrogens is 388 g/mol. The van der Waals surface area contributed by atoms with Crippen molar-refractivity contribution < 1.29 is 14.7 Å². The van der Waals surface area contributed by atoms with Crippen molar-refractivity contribution in [2.45, 2.75) is 103 Å². The molecule has 0 unspecified atom stereocenters. The molecule has 0 atom stereocenters. The Morgan fingerprint density at radius 1 is 0.571 bits per heavy atom. The zero-order chi connectivity index (χ0) is 20.7. The van der Waals surface area contributed by atoms with Gasteiger partial charge in [-0.3, -0.25) is 9.59 Å². The van der Waals surface area contributed by atoms with E-state index in [2.05, 4.69) is 6.92 Å². The van der Waals surface area contributed by atoms with E-state index in [-0.39, 0.29) is 6.61 Å². The first-order valence-electron chi connectivity index (χ1n) is 11.5. The third kappa shape index (κ3) is 22.3. The minimum absolute atomic E-state index is 0.196. The van der Waals surface area contributed by atoms with Gasteiger partial charge in [-0.25, -0.2) is 0 Å². The van der Waals surface area contributed by atoms with Gasteiger partial charge in [0.2, 0.25) is 0 Å². The minimum Gasteiger partial charge on any atom is -0.396 e. The summed E-state index contributed by atoms with van der Waals surface area (Å²) in [7, 11) is 0. The molecule has 0 aliphatic carbocycles. The second-order valence-corrected chi connectivity index (χ2v) is 10.0. The van der Waals surface area contributed by atoms with E-state index in [0.29, 0.717) is 24.4 Å². The Labute approximate surface area is 182 Å². The number of carbonyl (C=O) groups is 2. The van der Waals surface area contributed by atoms with Gasteiger partial charge >= 0.3 is 0 Å². The number of aliphatic hydroxyl groups excluding tert-OH is 1. The highest BCUT2D eigenvalue weighted by Gasteiger charge is 2.02. The normalized spacial score (nSPS) is 11.1. The average Bonchev–Trinajstić information content (AvgIpc) is 2.68. The Morgan fingerprint density at radius 2 is 1.04 bits per heavy atom. The van der Waals surface area contributed by atoms with Gasteiger partial charge in [0.15, 0.2) is 0 Å². The molecule has 0 saturated heterocycles. The second kappa shape index (κ2) is 23.3. The summed E-state index contributed by atoms with van der Waals surface area (Å²) in [5, 5.41) is 8.70. The number of carbonyl (C=O) groups excluding carboxylic acids is 2. The molecule has 0 aromatic rings. The largest absolute Gasteiger partial charge is 0.396 e. The molecule has 0 spiro atoms. The number of hydrogen-bond donors (Lipinski definition) is 1. The van der Waals surface area contributed by atoms with Crippen LogP contribution in [0.5, 0.6) is 0 Å². The van der Waals surface area contributed by atoms with Gasteiger partial charge < -0.3 is 5.11 Å². The first-order chi connectivity index (χ1) is 13.7. The fourth-order valence-electron chi connectivity index (χ4n) is 2.95. The molecule has 0 radical (unpaired) electrons. The molecule has 0 bridgehead atoms. The summed E-state index contributed by atoms with van der Waals surface area (Å²) in [6.45, 7) is 2.37. The lowest BCUT2D eigenvalue weighted by atomic mass is 10.1. The van der Waals surface area contributed by atoms with E-state index in [1.165, 1.54) is 62.9 Å². The number of hydrogen-bond acceptors (Lipinski definition) is 5. The Bertz CT molecular complexity index is 328. The smallest absolute Gasteiger partial charge is 0.133 e. The maximum atomic E-state index is 11.7. The number of ketones is 2. The molecule has 0 aromatic heterocycles. The standard InChI is InChI=1S/C23H44O3S2/c1-2-3-8-13-22(25)15-20-27-18-11-6-4-5-7-12-19-28-21-16-23(26)14-9-10-17-24/h24H,2-21H2,1H3. The molecule has 0 rings (SSSR count). The van der Waals surface area contributed by atoms with Crippen LogP contribution in [0.4, 0.5) is 0 Å². The van der Waals surface area contributed by atoms with Crippen LogP contribution in [0, 0.1) is 0 Å². The Balaban J connectivity index is 3.16. The second-order valence-electron chi connectivity index (χ2n) is 7.56.